The highest BCUT2D eigenvalue weighted by molar-refractivity contribution is 6.35. The van der Waals surface area contributed by atoms with Crippen LogP contribution in [0.2, 0.25) is 15.2 Å². The summed E-state index contributed by atoms with van der Waals surface area (Å²) in [5.41, 5.74) is 1.61. The van der Waals surface area contributed by atoms with Crippen LogP contribution in [0.1, 0.15) is 0 Å². The van der Waals surface area contributed by atoms with Crippen LogP contribution in [0.25, 0.3) is 11.1 Å². The molecule has 0 fully saturated rings. The highest BCUT2D eigenvalue weighted by atomic mass is 35.5. The Morgan fingerprint density at radius 2 is 1.82 bits per heavy atom. The van der Waals surface area contributed by atoms with Gasteiger partial charge in [0.05, 0.1) is 7.11 Å². The zero-order valence-corrected chi connectivity index (χ0v) is 11.1. The normalized spacial score (nSPS) is 10.4. The lowest BCUT2D eigenvalue weighted by Crippen LogP contribution is -1.89. The van der Waals surface area contributed by atoms with Gasteiger partial charge in [-0.3, -0.25) is 0 Å². The first-order valence-corrected chi connectivity index (χ1v) is 5.90. The molecule has 0 aliphatic heterocycles. The van der Waals surface area contributed by atoms with E-state index in [1.807, 2.05) is 0 Å². The zero-order valence-electron chi connectivity index (χ0n) is 8.88. The molecule has 1 aromatic heterocycles. The van der Waals surface area contributed by atoms with E-state index in [9.17, 15) is 0 Å². The van der Waals surface area contributed by atoms with Crippen LogP contribution < -0.4 is 4.74 Å². The fourth-order valence-corrected chi connectivity index (χ4v) is 2.05. The van der Waals surface area contributed by atoms with Gasteiger partial charge in [0.1, 0.15) is 5.15 Å². The molecule has 0 aliphatic rings. The lowest BCUT2D eigenvalue weighted by Gasteiger charge is -2.07. The molecule has 0 bridgehead atoms. The summed E-state index contributed by atoms with van der Waals surface area (Å²) in [6, 6.07) is 8.70. The van der Waals surface area contributed by atoms with E-state index in [1.165, 1.54) is 7.11 Å². The Kier molecular flexibility index (Phi) is 3.77. The van der Waals surface area contributed by atoms with E-state index in [1.54, 1.807) is 30.3 Å². The van der Waals surface area contributed by atoms with Crippen molar-refractivity contribution in [2.45, 2.75) is 0 Å². The molecule has 1 heterocycles. The number of benzene rings is 1. The van der Waals surface area contributed by atoms with E-state index in [0.717, 1.165) is 11.1 Å². The molecule has 0 saturated carbocycles. The van der Waals surface area contributed by atoms with Crippen molar-refractivity contribution in [3.63, 3.8) is 0 Å². The SMILES string of the molecule is COc1cc(-c2cc(Cl)ccc2Cl)cc(Cl)n1. The number of aromatic nitrogens is 1. The Morgan fingerprint density at radius 1 is 1.06 bits per heavy atom. The fraction of sp³-hybridized carbons (Fsp3) is 0.0833. The number of hydrogen-bond donors (Lipinski definition) is 0. The molecule has 0 aliphatic carbocycles. The van der Waals surface area contributed by atoms with Gasteiger partial charge in [0, 0.05) is 21.7 Å². The van der Waals surface area contributed by atoms with Gasteiger partial charge in [-0.05, 0) is 29.8 Å². The van der Waals surface area contributed by atoms with Gasteiger partial charge >= 0.3 is 0 Å². The average molecular weight is 289 g/mol. The van der Waals surface area contributed by atoms with Gasteiger partial charge in [0.2, 0.25) is 5.88 Å². The van der Waals surface area contributed by atoms with Crippen LogP contribution in [0.15, 0.2) is 30.3 Å². The first kappa shape index (κ1) is 12.5. The predicted molar refractivity (Wildman–Crippen MR) is 71.3 cm³/mol. The van der Waals surface area contributed by atoms with Crippen molar-refractivity contribution in [2.24, 2.45) is 0 Å². The Hall–Kier alpha value is -0.960. The van der Waals surface area contributed by atoms with Gasteiger partial charge in [-0.15, -0.1) is 0 Å². The van der Waals surface area contributed by atoms with E-state index in [0.29, 0.717) is 21.1 Å². The monoisotopic (exact) mass is 287 g/mol. The van der Waals surface area contributed by atoms with Crippen molar-refractivity contribution in [3.05, 3.63) is 45.5 Å². The van der Waals surface area contributed by atoms with Gasteiger partial charge in [-0.25, -0.2) is 4.98 Å². The molecular formula is C12H8Cl3NO. The first-order chi connectivity index (χ1) is 8.10. The number of halogens is 3. The number of nitrogens with zero attached hydrogens (tertiary/aromatic N) is 1. The molecule has 2 nitrogen and oxygen atoms in total. The minimum absolute atomic E-state index is 0.343. The lowest BCUT2D eigenvalue weighted by molar-refractivity contribution is 0.398. The largest absolute Gasteiger partial charge is 0.481 e. The quantitative estimate of drug-likeness (QED) is 0.746. The Labute approximate surface area is 114 Å². The van der Waals surface area contributed by atoms with E-state index in [4.69, 9.17) is 39.5 Å². The smallest absolute Gasteiger partial charge is 0.214 e. The number of ether oxygens (including phenoxy) is 1. The molecule has 88 valence electrons. The highest BCUT2D eigenvalue weighted by Gasteiger charge is 2.08. The standard InChI is InChI=1S/C12H8Cl3NO/c1-17-12-5-7(4-11(15)16-12)9-6-8(13)2-3-10(9)14/h2-6H,1H3. The summed E-state index contributed by atoms with van der Waals surface area (Å²) in [6.45, 7) is 0. The molecule has 17 heavy (non-hydrogen) atoms. The molecule has 0 radical (unpaired) electrons. The van der Waals surface area contributed by atoms with Gasteiger partial charge in [-0.2, -0.15) is 0 Å². The van der Waals surface area contributed by atoms with Crippen molar-refractivity contribution in [1.82, 2.24) is 4.98 Å². The van der Waals surface area contributed by atoms with Gasteiger partial charge in [-0.1, -0.05) is 34.8 Å². The molecule has 2 rings (SSSR count). The fourth-order valence-electron chi connectivity index (χ4n) is 1.45. The van der Waals surface area contributed by atoms with Crippen molar-refractivity contribution in [2.75, 3.05) is 7.11 Å². The summed E-state index contributed by atoms with van der Waals surface area (Å²) in [4.78, 5) is 4.00. The molecule has 0 amide bonds. The molecule has 5 heteroatoms. The van der Waals surface area contributed by atoms with Crippen molar-refractivity contribution in [1.29, 1.82) is 0 Å². The van der Waals surface area contributed by atoms with E-state index in [2.05, 4.69) is 4.98 Å². The number of pyridine rings is 1. The van der Waals surface area contributed by atoms with E-state index >= 15 is 0 Å². The second-order valence-corrected chi connectivity index (χ2v) is 4.58. The van der Waals surface area contributed by atoms with Gasteiger partial charge in [0.15, 0.2) is 0 Å². The molecule has 0 N–H and O–H groups in total. The summed E-state index contributed by atoms with van der Waals surface area (Å²) in [6.07, 6.45) is 0. The lowest BCUT2D eigenvalue weighted by atomic mass is 10.1. The molecule has 0 saturated heterocycles. The van der Waals surface area contributed by atoms with Crippen LogP contribution in [0.4, 0.5) is 0 Å². The van der Waals surface area contributed by atoms with Gasteiger partial charge in [0.25, 0.3) is 0 Å². The summed E-state index contributed by atoms with van der Waals surface area (Å²) >= 11 is 18.0. The minimum atomic E-state index is 0.343. The second-order valence-electron chi connectivity index (χ2n) is 3.35. The zero-order chi connectivity index (χ0) is 12.4. The summed E-state index contributed by atoms with van der Waals surface area (Å²) < 4.78 is 5.06. The number of rotatable bonds is 2. The summed E-state index contributed by atoms with van der Waals surface area (Å²) in [5, 5.41) is 1.55. The maximum Gasteiger partial charge on any atom is 0.214 e. The van der Waals surface area contributed by atoms with E-state index in [-0.39, 0.29) is 0 Å². The van der Waals surface area contributed by atoms with Crippen LogP contribution in [-0.4, -0.2) is 12.1 Å². The predicted octanol–water partition coefficient (Wildman–Crippen LogP) is 4.72. The average Bonchev–Trinajstić information content (AvgIpc) is 2.31. The third-order valence-electron chi connectivity index (χ3n) is 2.22. The Bertz CT molecular complexity index is 557. The van der Waals surface area contributed by atoms with Crippen molar-refractivity contribution >= 4 is 34.8 Å². The van der Waals surface area contributed by atoms with Crippen LogP contribution in [0.3, 0.4) is 0 Å². The van der Waals surface area contributed by atoms with Crippen molar-refractivity contribution in [3.8, 4) is 17.0 Å². The third-order valence-corrected chi connectivity index (χ3v) is 2.98. The molecule has 0 unspecified atom stereocenters. The van der Waals surface area contributed by atoms with Crippen LogP contribution >= 0.6 is 34.8 Å². The number of hydrogen-bond acceptors (Lipinski definition) is 2. The molecule has 2 aromatic rings. The van der Waals surface area contributed by atoms with Crippen LogP contribution in [0, 0.1) is 0 Å². The van der Waals surface area contributed by atoms with Gasteiger partial charge < -0.3 is 4.74 Å². The van der Waals surface area contributed by atoms with E-state index < -0.39 is 0 Å². The summed E-state index contributed by atoms with van der Waals surface area (Å²) in [7, 11) is 1.53. The molecular weight excluding hydrogens is 280 g/mol. The van der Waals surface area contributed by atoms with Crippen molar-refractivity contribution < 1.29 is 4.74 Å². The highest BCUT2D eigenvalue weighted by Crippen LogP contribution is 2.33. The maximum atomic E-state index is 6.12. The molecule has 1 aromatic carbocycles. The third kappa shape index (κ3) is 2.83. The summed E-state index contributed by atoms with van der Waals surface area (Å²) in [5.74, 6) is 0.434. The molecule has 0 atom stereocenters. The first-order valence-electron chi connectivity index (χ1n) is 4.77. The second kappa shape index (κ2) is 5.13. The minimum Gasteiger partial charge on any atom is -0.481 e. The Balaban J connectivity index is 2.59. The maximum absolute atomic E-state index is 6.12. The van der Waals surface area contributed by atoms with Crippen LogP contribution in [-0.2, 0) is 0 Å². The topological polar surface area (TPSA) is 22.1 Å². The van der Waals surface area contributed by atoms with Crippen LogP contribution in [0.5, 0.6) is 5.88 Å². The molecule has 0 spiro atoms. The number of methoxy groups -OCH3 is 1. The Morgan fingerprint density at radius 3 is 2.53 bits per heavy atom.